The second-order valence-corrected chi connectivity index (χ2v) is 11.8. The number of alkyl halides is 3. The molecule has 1 aliphatic heterocycles. The molecule has 0 spiro atoms. The number of nitrogens with one attached hydrogen (secondary N) is 2. The van der Waals surface area contributed by atoms with Crippen molar-refractivity contribution in [3.8, 4) is 0 Å². The number of carbonyl (C=O) groups is 4. The third-order valence-electron chi connectivity index (χ3n) is 7.69. The Morgan fingerprint density at radius 1 is 1.11 bits per heavy atom. The number of piperidine rings is 1. The monoisotopic (exact) mass is 504 g/mol. The van der Waals surface area contributed by atoms with E-state index in [2.05, 4.69) is 5.32 Å². The Morgan fingerprint density at radius 2 is 1.69 bits per heavy atom. The number of nitrogens with two attached hydrogens (primary N) is 1. The number of nitrogens with zero attached hydrogens (tertiary/aromatic N) is 1. The van der Waals surface area contributed by atoms with Crippen LogP contribution in [-0.4, -0.2) is 70.6 Å². The lowest BCUT2D eigenvalue weighted by Crippen LogP contribution is -2.61. The van der Waals surface area contributed by atoms with Gasteiger partial charge in [-0.25, -0.2) is 0 Å². The average Bonchev–Trinajstić information content (AvgIpc) is 3.55. The van der Waals surface area contributed by atoms with Gasteiger partial charge in [0.2, 0.25) is 17.7 Å². The summed E-state index contributed by atoms with van der Waals surface area (Å²) in [6.45, 7) is 8.60. The van der Waals surface area contributed by atoms with Crippen molar-refractivity contribution in [3.63, 3.8) is 0 Å². The number of carbonyl (C=O) groups excluding carboxylic acids is 4. The quantitative estimate of drug-likeness (QED) is 0.385. The lowest BCUT2D eigenvalue weighted by atomic mass is 9.85. The number of fused-ring (bicyclic) bond motifs is 1. The van der Waals surface area contributed by atoms with Crippen LogP contribution in [0.3, 0.4) is 0 Å². The Morgan fingerprint density at radius 3 is 2.14 bits per heavy atom. The molecule has 6 atom stereocenters. The molecule has 198 valence electrons. The van der Waals surface area contributed by atoms with Gasteiger partial charge in [-0.15, -0.1) is 0 Å². The first kappa shape index (κ1) is 27.2. The van der Waals surface area contributed by atoms with E-state index >= 15 is 0 Å². The molecule has 5 N–H and O–H groups in total. The molecule has 2 aliphatic carbocycles. The summed E-state index contributed by atoms with van der Waals surface area (Å²) in [6.07, 6.45) is -4.64. The van der Waals surface area contributed by atoms with Crippen molar-refractivity contribution in [3.05, 3.63) is 0 Å². The number of rotatable bonds is 8. The Balaban J connectivity index is 1.85. The van der Waals surface area contributed by atoms with Crippen LogP contribution in [0, 0.1) is 28.6 Å². The van der Waals surface area contributed by atoms with Crippen LogP contribution in [0.2, 0.25) is 0 Å². The van der Waals surface area contributed by atoms with E-state index < -0.39 is 59.4 Å². The minimum absolute atomic E-state index is 0.0518. The molecule has 3 aliphatic rings. The van der Waals surface area contributed by atoms with Gasteiger partial charge >= 0.3 is 12.1 Å². The molecule has 0 aromatic heterocycles. The Kier molecular flexibility index (Phi) is 6.95. The summed E-state index contributed by atoms with van der Waals surface area (Å²) in [7, 11) is 0. The fourth-order valence-corrected chi connectivity index (χ4v) is 5.29. The van der Waals surface area contributed by atoms with Crippen LogP contribution in [0.25, 0.3) is 0 Å². The number of halogens is 3. The van der Waals surface area contributed by atoms with Crippen molar-refractivity contribution >= 4 is 23.6 Å². The molecular formula is C23H35F3N4O5. The molecule has 9 nitrogen and oxygen atoms in total. The standard InChI is InChI=1S/C23H35F3N4O5/c1-21(2,3)16(29-20(35)23(24,25)26)19(34)30-9-11-13(22(11,4)5)14(30)18(33)28-12(8-10-6-7-10)15(31)17(27)32/h10-16,31H,6-9H2,1-5H3,(H2,27,32)(H,28,33)(H,29,35)/t11-,12?,13+,14-,15?,16+/m0/s1. The lowest BCUT2D eigenvalue weighted by molar-refractivity contribution is -0.176. The van der Waals surface area contributed by atoms with Gasteiger partial charge in [0, 0.05) is 6.54 Å². The molecule has 3 fully saturated rings. The maximum Gasteiger partial charge on any atom is 0.471 e. The average molecular weight is 505 g/mol. The van der Waals surface area contributed by atoms with E-state index in [0.717, 1.165) is 12.8 Å². The number of aliphatic hydroxyl groups excluding tert-OH is 1. The zero-order valence-electron chi connectivity index (χ0n) is 20.6. The van der Waals surface area contributed by atoms with Gasteiger partial charge in [-0.05, 0) is 35.0 Å². The first-order valence-corrected chi connectivity index (χ1v) is 11.8. The second-order valence-electron chi connectivity index (χ2n) is 11.8. The van der Waals surface area contributed by atoms with E-state index in [4.69, 9.17) is 5.73 Å². The molecule has 4 amide bonds. The predicted molar refractivity (Wildman–Crippen MR) is 118 cm³/mol. The highest BCUT2D eigenvalue weighted by Gasteiger charge is 2.70. The van der Waals surface area contributed by atoms with Crippen LogP contribution in [-0.2, 0) is 19.2 Å². The predicted octanol–water partition coefficient (Wildman–Crippen LogP) is 0.694. The van der Waals surface area contributed by atoms with Gasteiger partial charge in [-0.3, -0.25) is 19.2 Å². The van der Waals surface area contributed by atoms with Crippen LogP contribution >= 0.6 is 0 Å². The maximum atomic E-state index is 13.5. The zero-order chi connectivity index (χ0) is 26.7. The Labute approximate surface area is 202 Å². The molecule has 2 saturated carbocycles. The molecule has 3 rings (SSSR count). The van der Waals surface area contributed by atoms with Gasteiger partial charge < -0.3 is 26.4 Å². The summed E-state index contributed by atoms with van der Waals surface area (Å²) in [5.41, 5.74) is 3.90. The van der Waals surface area contributed by atoms with Crippen LogP contribution in [0.4, 0.5) is 13.2 Å². The van der Waals surface area contributed by atoms with Crippen molar-refractivity contribution in [1.82, 2.24) is 15.5 Å². The van der Waals surface area contributed by atoms with Crippen molar-refractivity contribution in [2.45, 2.75) is 84.3 Å². The van der Waals surface area contributed by atoms with E-state index in [9.17, 15) is 37.5 Å². The first-order valence-electron chi connectivity index (χ1n) is 11.8. The molecule has 1 heterocycles. The fraction of sp³-hybridized carbons (Fsp3) is 0.826. The smallest absolute Gasteiger partial charge is 0.381 e. The highest BCUT2D eigenvalue weighted by Crippen LogP contribution is 2.65. The van der Waals surface area contributed by atoms with Crippen LogP contribution < -0.4 is 16.4 Å². The van der Waals surface area contributed by atoms with Crippen molar-refractivity contribution in [2.75, 3.05) is 6.54 Å². The SMILES string of the molecule is CC(C)(C)[C@H](NC(=O)C(F)(F)F)C(=O)N1C[C@H]2[C@H]([C@H]1C(=O)NC(CC1CC1)C(O)C(N)=O)C2(C)C. The summed E-state index contributed by atoms with van der Waals surface area (Å²) in [5, 5.41) is 14.7. The van der Waals surface area contributed by atoms with E-state index in [1.54, 1.807) is 5.32 Å². The van der Waals surface area contributed by atoms with Crippen molar-refractivity contribution in [2.24, 2.45) is 34.3 Å². The van der Waals surface area contributed by atoms with E-state index in [-0.39, 0.29) is 29.7 Å². The van der Waals surface area contributed by atoms with Gasteiger partial charge in [-0.1, -0.05) is 47.5 Å². The number of primary amides is 1. The first-order chi connectivity index (χ1) is 15.9. The summed E-state index contributed by atoms with van der Waals surface area (Å²) >= 11 is 0. The van der Waals surface area contributed by atoms with Crippen molar-refractivity contribution < 1.29 is 37.5 Å². The fourth-order valence-electron chi connectivity index (χ4n) is 5.29. The van der Waals surface area contributed by atoms with Gasteiger partial charge in [0.25, 0.3) is 0 Å². The summed E-state index contributed by atoms with van der Waals surface area (Å²) in [5.74, 6) is -4.66. The van der Waals surface area contributed by atoms with E-state index in [0.29, 0.717) is 6.42 Å². The zero-order valence-corrected chi connectivity index (χ0v) is 20.6. The minimum Gasteiger partial charge on any atom is -0.381 e. The van der Waals surface area contributed by atoms with Crippen LogP contribution in [0.5, 0.6) is 0 Å². The number of aliphatic hydroxyl groups is 1. The van der Waals surface area contributed by atoms with Gasteiger partial charge in [0.05, 0.1) is 6.04 Å². The molecule has 0 bridgehead atoms. The highest BCUT2D eigenvalue weighted by molar-refractivity contribution is 5.95. The van der Waals surface area contributed by atoms with Crippen molar-refractivity contribution in [1.29, 1.82) is 0 Å². The third-order valence-corrected chi connectivity index (χ3v) is 7.69. The molecule has 0 aromatic rings. The summed E-state index contributed by atoms with van der Waals surface area (Å²) < 4.78 is 38.8. The third kappa shape index (κ3) is 5.57. The summed E-state index contributed by atoms with van der Waals surface area (Å²) in [6, 6.07) is -3.48. The number of hydrogen-bond acceptors (Lipinski definition) is 5. The summed E-state index contributed by atoms with van der Waals surface area (Å²) in [4.78, 5) is 51.4. The number of likely N-dealkylation sites (tertiary alicyclic amines) is 1. The Hall–Kier alpha value is -2.37. The van der Waals surface area contributed by atoms with Gasteiger partial charge in [-0.2, -0.15) is 13.2 Å². The largest absolute Gasteiger partial charge is 0.471 e. The molecule has 12 heteroatoms. The number of amides is 4. The normalized spacial score (nSPS) is 27.9. The topological polar surface area (TPSA) is 142 Å². The van der Waals surface area contributed by atoms with Gasteiger partial charge in [0.15, 0.2) is 6.10 Å². The van der Waals surface area contributed by atoms with E-state index in [1.165, 1.54) is 25.7 Å². The van der Waals surface area contributed by atoms with Crippen LogP contribution in [0.1, 0.15) is 53.9 Å². The molecule has 1 saturated heterocycles. The molecule has 2 unspecified atom stereocenters. The number of hydrogen-bond donors (Lipinski definition) is 4. The lowest BCUT2D eigenvalue weighted by Gasteiger charge is -2.38. The highest BCUT2D eigenvalue weighted by atomic mass is 19.4. The van der Waals surface area contributed by atoms with Crippen LogP contribution in [0.15, 0.2) is 0 Å². The van der Waals surface area contributed by atoms with Gasteiger partial charge in [0.1, 0.15) is 12.1 Å². The molecule has 0 aromatic carbocycles. The second kappa shape index (κ2) is 8.94. The minimum atomic E-state index is -5.17. The molecule has 35 heavy (non-hydrogen) atoms. The van der Waals surface area contributed by atoms with E-state index in [1.807, 2.05) is 13.8 Å². The molecule has 0 radical (unpaired) electrons. The molecular weight excluding hydrogens is 469 g/mol. The Bertz CT molecular complexity index is 897. The maximum absolute atomic E-state index is 13.5.